The summed E-state index contributed by atoms with van der Waals surface area (Å²) in [4.78, 5) is 47.0. The Morgan fingerprint density at radius 3 is 2.92 bits per heavy atom. The number of nitrogens with zero attached hydrogens (tertiary/aromatic N) is 3. The molecular weight excluding hydrogens is 356 g/mol. The fourth-order valence-electron chi connectivity index (χ4n) is 2.75. The molecule has 0 fully saturated rings. The summed E-state index contributed by atoms with van der Waals surface area (Å²) >= 11 is 1.05. The molecule has 1 aromatic heterocycles. The minimum absolute atomic E-state index is 0.0599. The van der Waals surface area contributed by atoms with Crippen LogP contribution in [-0.4, -0.2) is 45.6 Å². The third-order valence-corrected chi connectivity index (χ3v) is 5.12. The predicted octanol–water partition coefficient (Wildman–Crippen LogP) is 2.04. The van der Waals surface area contributed by atoms with Crippen molar-refractivity contribution in [3.8, 4) is 0 Å². The van der Waals surface area contributed by atoms with Crippen molar-refractivity contribution >= 4 is 40.1 Å². The van der Waals surface area contributed by atoms with Crippen LogP contribution in [-0.2, 0) is 14.3 Å². The Kier molecular flexibility index (Phi) is 4.73. The van der Waals surface area contributed by atoms with Crippen molar-refractivity contribution in [1.82, 2.24) is 9.88 Å². The van der Waals surface area contributed by atoms with Gasteiger partial charge in [0.15, 0.2) is 5.13 Å². The highest BCUT2D eigenvalue weighted by molar-refractivity contribution is 7.17. The second kappa shape index (κ2) is 6.83. The molecule has 8 nitrogen and oxygen atoms in total. The van der Waals surface area contributed by atoms with Gasteiger partial charge in [-0.25, -0.2) is 9.78 Å². The molecule has 0 aromatic carbocycles. The predicted molar refractivity (Wildman–Crippen MR) is 97.0 cm³/mol. The first-order chi connectivity index (χ1) is 12.3. The van der Waals surface area contributed by atoms with E-state index in [0.717, 1.165) is 11.3 Å². The minimum atomic E-state index is -1.14. The highest BCUT2D eigenvalue weighted by Gasteiger charge is 2.45. The van der Waals surface area contributed by atoms with Crippen LogP contribution in [0.5, 0.6) is 0 Å². The fourth-order valence-corrected chi connectivity index (χ4v) is 3.60. The molecule has 1 N–H and O–H groups in total. The first-order valence-corrected chi connectivity index (χ1v) is 8.88. The van der Waals surface area contributed by atoms with Crippen molar-refractivity contribution in [2.24, 2.45) is 4.99 Å². The fraction of sp³-hybridized carbons (Fsp3) is 0.353. The average molecular weight is 374 g/mol. The summed E-state index contributed by atoms with van der Waals surface area (Å²) < 4.78 is 4.98. The number of aryl methyl sites for hydroxylation is 1. The molecule has 1 unspecified atom stereocenters. The monoisotopic (exact) mass is 374 g/mol. The van der Waals surface area contributed by atoms with E-state index in [1.807, 2.05) is 0 Å². The Bertz CT molecular complexity index is 870. The maximum absolute atomic E-state index is 12.9. The second-order valence-corrected chi connectivity index (χ2v) is 6.99. The lowest BCUT2D eigenvalue weighted by Gasteiger charge is -2.41. The van der Waals surface area contributed by atoms with Gasteiger partial charge in [-0.15, -0.1) is 0 Å². The summed E-state index contributed by atoms with van der Waals surface area (Å²) in [6.07, 6.45) is 6.85. The maximum atomic E-state index is 12.9. The van der Waals surface area contributed by atoms with Crippen LogP contribution < -0.4 is 5.32 Å². The molecule has 0 saturated carbocycles. The van der Waals surface area contributed by atoms with Gasteiger partial charge in [0, 0.05) is 6.20 Å². The molecule has 3 heterocycles. The number of fused-ring (bicyclic) bond motifs is 1. The molecule has 1 aromatic rings. The van der Waals surface area contributed by atoms with Crippen molar-refractivity contribution in [3.63, 3.8) is 0 Å². The second-order valence-electron chi connectivity index (χ2n) is 5.99. The zero-order valence-corrected chi connectivity index (χ0v) is 15.4. The third kappa shape index (κ3) is 3.17. The standard InChI is InChI=1S/C17H18N4O4S/c1-4-25-14(23)13-10(2)18-16(26-13)20-15(24)17(3)9-12(22)19-11-7-5-6-8-21(11)17/h5-8H,4,9H2,1-3H3,(H,18,20,24). The number of allylic oxidation sites excluding steroid dienone is 2. The molecule has 1 atom stereocenters. The number of thiazole rings is 1. The van der Waals surface area contributed by atoms with Crippen molar-refractivity contribution in [2.75, 3.05) is 11.9 Å². The van der Waals surface area contributed by atoms with Crippen molar-refractivity contribution in [3.05, 3.63) is 35.0 Å². The average Bonchev–Trinajstić information content (AvgIpc) is 2.95. The molecule has 2 amide bonds. The normalized spacial score (nSPS) is 21.3. The number of nitrogens with one attached hydrogen (secondary N) is 1. The van der Waals surface area contributed by atoms with Gasteiger partial charge in [0.25, 0.3) is 11.8 Å². The van der Waals surface area contributed by atoms with Crippen LogP contribution in [0, 0.1) is 6.92 Å². The van der Waals surface area contributed by atoms with Crippen LogP contribution in [0.1, 0.15) is 35.6 Å². The van der Waals surface area contributed by atoms with Gasteiger partial charge in [0.05, 0.1) is 18.7 Å². The Balaban J connectivity index is 1.84. The van der Waals surface area contributed by atoms with Gasteiger partial charge in [0.2, 0.25) is 0 Å². The smallest absolute Gasteiger partial charge is 0.350 e. The van der Waals surface area contributed by atoms with Crippen LogP contribution in [0.15, 0.2) is 29.4 Å². The largest absolute Gasteiger partial charge is 0.462 e. The summed E-state index contributed by atoms with van der Waals surface area (Å²) in [7, 11) is 0. The Morgan fingerprint density at radius 2 is 2.19 bits per heavy atom. The number of aliphatic imine (C=N–C) groups is 1. The highest BCUT2D eigenvalue weighted by atomic mass is 32.1. The quantitative estimate of drug-likeness (QED) is 0.810. The number of hydrogen-bond acceptors (Lipinski definition) is 7. The van der Waals surface area contributed by atoms with Gasteiger partial charge in [-0.3, -0.25) is 14.9 Å². The molecule has 26 heavy (non-hydrogen) atoms. The number of carbonyl (C=O) groups excluding carboxylic acids is 3. The van der Waals surface area contributed by atoms with Crippen molar-refractivity contribution in [2.45, 2.75) is 32.7 Å². The van der Waals surface area contributed by atoms with Crippen LogP contribution in [0.3, 0.4) is 0 Å². The zero-order valence-electron chi connectivity index (χ0n) is 14.6. The molecular formula is C17H18N4O4S. The van der Waals surface area contributed by atoms with Crippen LogP contribution in [0.25, 0.3) is 0 Å². The van der Waals surface area contributed by atoms with E-state index in [-0.39, 0.29) is 24.1 Å². The molecule has 2 aliphatic rings. The zero-order chi connectivity index (χ0) is 18.9. The van der Waals surface area contributed by atoms with Gasteiger partial charge in [0.1, 0.15) is 16.3 Å². The molecule has 0 bridgehead atoms. The first kappa shape index (κ1) is 18.0. The van der Waals surface area contributed by atoms with E-state index in [1.54, 1.807) is 50.1 Å². The summed E-state index contributed by atoms with van der Waals surface area (Å²) in [5, 5.41) is 3.00. The van der Waals surface area contributed by atoms with E-state index in [2.05, 4.69) is 15.3 Å². The van der Waals surface area contributed by atoms with Crippen LogP contribution in [0.4, 0.5) is 5.13 Å². The molecule has 2 aliphatic heterocycles. The summed E-state index contributed by atoms with van der Waals surface area (Å²) in [6, 6.07) is 0. The van der Waals surface area contributed by atoms with Gasteiger partial charge in [-0.2, -0.15) is 4.99 Å². The number of carbonyl (C=O) groups is 3. The summed E-state index contributed by atoms with van der Waals surface area (Å²) in [5.41, 5.74) is -0.657. The molecule has 0 saturated heterocycles. The summed E-state index contributed by atoms with van der Waals surface area (Å²) in [5.74, 6) is -0.816. The van der Waals surface area contributed by atoms with E-state index in [4.69, 9.17) is 4.74 Å². The molecule has 9 heteroatoms. The Hall–Kier alpha value is -2.81. The molecule has 0 aliphatic carbocycles. The number of aromatic nitrogens is 1. The van der Waals surface area contributed by atoms with Crippen LogP contribution >= 0.6 is 11.3 Å². The number of hydrogen-bond donors (Lipinski definition) is 1. The van der Waals surface area contributed by atoms with E-state index in [0.29, 0.717) is 16.4 Å². The molecule has 3 rings (SSSR count). The molecule has 0 radical (unpaired) electrons. The van der Waals surface area contributed by atoms with Gasteiger partial charge in [-0.05, 0) is 32.9 Å². The lowest BCUT2D eigenvalue weighted by Crippen LogP contribution is -2.58. The number of amides is 2. The van der Waals surface area contributed by atoms with Crippen molar-refractivity contribution in [1.29, 1.82) is 0 Å². The van der Waals surface area contributed by atoms with E-state index in [9.17, 15) is 14.4 Å². The van der Waals surface area contributed by atoms with E-state index < -0.39 is 17.4 Å². The van der Waals surface area contributed by atoms with Crippen LogP contribution in [0.2, 0.25) is 0 Å². The minimum Gasteiger partial charge on any atom is -0.462 e. The van der Waals surface area contributed by atoms with Gasteiger partial charge >= 0.3 is 5.97 Å². The van der Waals surface area contributed by atoms with Crippen molar-refractivity contribution < 1.29 is 19.1 Å². The maximum Gasteiger partial charge on any atom is 0.350 e. The number of anilines is 1. The molecule has 136 valence electrons. The Labute approximate surface area is 154 Å². The lowest BCUT2D eigenvalue weighted by molar-refractivity contribution is -0.130. The topological polar surface area (TPSA) is 101 Å². The number of esters is 1. The van der Waals surface area contributed by atoms with Gasteiger partial charge in [-0.1, -0.05) is 17.4 Å². The third-order valence-electron chi connectivity index (χ3n) is 4.07. The highest BCUT2D eigenvalue weighted by Crippen LogP contribution is 2.31. The number of ether oxygens (including phenoxy) is 1. The van der Waals surface area contributed by atoms with E-state index in [1.165, 1.54) is 0 Å². The Morgan fingerprint density at radius 1 is 1.42 bits per heavy atom. The number of rotatable bonds is 4. The molecule has 0 spiro atoms. The lowest BCUT2D eigenvalue weighted by atomic mass is 9.91. The first-order valence-electron chi connectivity index (χ1n) is 8.07. The van der Waals surface area contributed by atoms with E-state index >= 15 is 0 Å². The number of amidine groups is 1. The SMILES string of the molecule is CCOC(=O)c1sc(NC(=O)C2(C)CC(=O)N=C3C=CC=CN32)nc1C. The summed E-state index contributed by atoms with van der Waals surface area (Å²) in [6.45, 7) is 5.32. The van der Waals surface area contributed by atoms with Gasteiger partial charge < -0.3 is 9.64 Å².